The molecule has 1 aromatic rings. The van der Waals surface area contributed by atoms with Gasteiger partial charge in [0.15, 0.2) is 0 Å². The van der Waals surface area contributed by atoms with Gasteiger partial charge in [-0.15, -0.1) is 0 Å². The van der Waals surface area contributed by atoms with Crippen LogP contribution in [0, 0.1) is 11.3 Å². The predicted molar refractivity (Wildman–Crippen MR) is 55.2 cm³/mol. The number of aryl methyl sites for hydroxylation is 1. The van der Waals surface area contributed by atoms with Crippen molar-refractivity contribution in [3.63, 3.8) is 0 Å². The standard InChI is InChI=1S/C10H10BrNO/c1-13-10-3-2-8(4-5-11)9(6-10)7-12/h2-3,6H,4-5H2,1H3. The highest BCUT2D eigenvalue weighted by atomic mass is 79.9. The molecule has 0 aliphatic heterocycles. The van der Waals surface area contributed by atoms with Crippen LogP contribution in [0.25, 0.3) is 0 Å². The molecule has 68 valence electrons. The van der Waals surface area contributed by atoms with E-state index in [4.69, 9.17) is 10.00 Å². The van der Waals surface area contributed by atoms with E-state index >= 15 is 0 Å². The van der Waals surface area contributed by atoms with Gasteiger partial charge >= 0.3 is 0 Å². The molecule has 0 fully saturated rings. The quantitative estimate of drug-likeness (QED) is 0.760. The number of hydrogen-bond donors (Lipinski definition) is 0. The van der Waals surface area contributed by atoms with Gasteiger partial charge in [0.25, 0.3) is 0 Å². The van der Waals surface area contributed by atoms with Gasteiger partial charge in [-0.05, 0) is 24.1 Å². The highest BCUT2D eigenvalue weighted by molar-refractivity contribution is 9.09. The highest BCUT2D eigenvalue weighted by Crippen LogP contribution is 2.17. The zero-order valence-corrected chi connectivity index (χ0v) is 8.97. The number of halogens is 1. The summed E-state index contributed by atoms with van der Waals surface area (Å²) < 4.78 is 5.03. The summed E-state index contributed by atoms with van der Waals surface area (Å²) in [5.74, 6) is 0.731. The minimum absolute atomic E-state index is 0.693. The lowest BCUT2D eigenvalue weighted by Gasteiger charge is -2.04. The molecule has 0 heterocycles. The Bertz CT molecular complexity index is 330. The summed E-state index contributed by atoms with van der Waals surface area (Å²) >= 11 is 3.34. The number of rotatable bonds is 3. The summed E-state index contributed by atoms with van der Waals surface area (Å²) in [5.41, 5.74) is 1.75. The van der Waals surface area contributed by atoms with Gasteiger partial charge in [-0.3, -0.25) is 0 Å². The van der Waals surface area contributed by atoms with E-state index in [1.807, 2.05) is 12.1 Å². The van der Waals surface area contributed by atoms with Gasteiger partial charge in [0.2, 0.25) is 0 Å². The molecule has 0 aliphatic carbocycles. The van der Waals surface area contributed by atoms with Gasteiger partial charge in [-0.2, -0.15) is 5.26 Å². The molecule has 3 heteroatoms. The van der Waals surface area contributed by atoms with E-state index in [2.05, 4.69) is 22.0 Å². The number of nitriles is 1. The van der Waals surface area contributed by atoms with E-state index in [0.717, 1.165) is 23.1 Å². The molecule has 0 unspecified atom stereocenters. The van der Waals surface area contributed by atoms with E-state index < -0.39 is 0 Å². The molecule has 0 saturated heterocycles. The third-order valence-corrected chi connectivity index (χ3v) is 2.20. The maximum Gasteiger partial charge on any atom is 0.120 e. The van der Waals surface area contributed by atoms with Crippen molar-refractivity contribution >= 4 is 15.9 Å². The molecule has 0 aliphatic rings. The molecule has 0 saturated carbocycles. The highest BCUT2D eigenvalue weighted by Gasteiger charge is 2.02. The third-order valence-electron chi connectivity index (χ3n) is 1.80. The zero-order chi connectivity index (χ0) is 9.68. The average Bonchev–Trinajstić information content (AvgIpc) is 2.19. The van der Waals surface area contributed by atoms with Crippen molar-refractivity contribution in [2.75, 3.05) is 12.4 Å². The molecule has 2 nitrogen and oxygen atoms in total. The molecular formula is C10H10BrNO. The lowest BCUT2D eigenvalue weighted by Crippen LogP contribution is -1.92. The molecule has 0 N–H and O–H groups in total. The SMILES string of the molecule is COc1ccc(CCBr)c(C#N)c1. The second kappa shape index (κ2) is 4.88. The van der Waals surface area contributed by atoms with Crippen molar-refractivity contribution in [3.8, 4) is 11.8 Å². The summed E-state index contributed by atoms with van der Waals surface area (Å²) in [6.07, 6.45) is 0.868. The fraction of sp³-hybridized carbons (Fsp3) is 0.300. The van der Waals surface area contributed by atoms with E-state index in [9.17, 15) is 0 Å². The number of benzene rings is 1. The van der Waals surface area contributed by atoms with Crippen LogP contribution in [0.5, 0.6) is 5.75 Å². The number of methoxy groups -OCH3 is 1. The fourth-order valence-corrected chi connectivity index (χ4v) is 1.53. The Morgan fingerprint density at radius 3 is 2.85 bits per heavy atom. The van der Waals surface area contributed by atoms with Gasteiger partial charge in [0, 0.05) is 5.33 Å². The van der Waals surface area contributed by atoms with E-state index in [-0.39, 0.29) is 0 Å². The monoisotopic (exact) mass is 239 g/mol. The first-order chi connectivity index (χ1) is 6.31. The van der Waals surface area contributed by atoms with Crippen molar-refractivity contribution in [1.82, 2.24) is 0 Å². The lowest BCUT2D eigenvalue weighted by atomic mass is 10.1. The summed E-state index contributed by atoms with van der Waals surface area (Å²) in [5, 5.41) is 9.71. The van der Waals surface area contributed by atoms with Gasteiger partial charge < -0.3 is 4.74 Å². The Labute approximate surface area is 86.3 Å². The van der Waals surface area contributed by atoms with Crippen molar-refractivity contribution < 1.29 is 4.74 Å². The van der Waals surface area contributed by atoms with Crippen molar-refractivity contribution in [2.24, 2.45) is 0 Å². The van der Waals surface area contributed by atoms with Gasteiger partial charge in [-0.25, -0.2) is 0 Å². The molecule has 0 spiro atoms. The first-order valence-electron chi connectivity index (χ1n) is 3.94. The van der Waals surface area contributed by atoms with Crippen molar-refractivity contribution in [2.45, 2.75) is 6.42 Å². The van der Waals surface area contributed by atoms with Crippen LogP contribution in [0.4, 0.5) is 0 Å². The molecule has 0 radical (unpaired) electrons. The van der Waals surface area contributed by atoms with Crippen LogP contribution in [0.1, 0.15) is 11.1 Å². The summed E-state index contributed by atoms with van der Waals surface area (Å²) in [4.78, 5) is 0. The first-order valence-corrected chi connectivity index (χ1v) is 5.07. The number of nitrogens with zero attached hydrogens (tertiary/aromatic N) is 1. The van der Waals surface area contributed by atoms with Gasteiger partial charge in [-0.1, -0.05) is 22.0 Å². The second-order valence-corrected chi connectivity index (χ2v) is 3.37. The molecule has 0 amide bonds. The average molecular weight is 240 g/mol. The first kappa shape index (κ1) is 10.1. The second-order valence-electron chi connectivity index (χ2n) is 2.57. The largest absolute Gasteiger partial charge is 0.497 e. The Kier molecular flexibility index (Phi) is 3.78. The molecular weight excluding hydrogens is 230 g/mol. The number of hydrogen-bond acceptors (Lipinski definition) is 2. The van der Waals surface area contributed by atoms with Crippen LogP contribution >= 0.6 is 15.9 Å². The molecule has 1 aromatic carbocycles. The fourth-order valence-electron chi connectivity index (χ4n) is 1.11. The van der Waals surface area contributed by atoms with Crippen LogP contribution in [-0.2, 0) is 6.42 Å². The third kappa shape index (κ3) is 2.46. The maximum absolute atomic E-state index is 8.84. The van der Waals surface area contributed by atoms with E-state index in [1.54, 1.807) is 13.2 Å². The smallest absolute Gasteiger partial charge is 0.120 e. The van der Waals surface area contributed by atoms with Gasteiger partial charge in [0.05, 0.1) is 18.7 Å². The van der Waals surface area contributed by atoms with Crippen molar-refractivity contribution in [1.29, 1.82) is 5.26 Å². The Morgan fingerprint density at radius 2 is 2.31 bits per heavy atom. The van der Waals surface area contributed by atoms with E-state index in [1.165, 1.54) is 0 Å². The number of ether oxygens (including phenoxy) is 1. The van der Waals surface area contributed by atoms with Crippen LogP contribution < -0.4 is 4.74 Å². The molecule has 0 bridgehead atoms. The molecule has 13 heavy (non-hydrogen) atoms. The van der Waals surface area contributed by atoms with Crippen LogP contribution in [0.15, 0.2) is 18.2 Å². The summed E-state index contributed by atoms with van der Waals surface area (Å²) in [7, 11) is 1.60. The Morgan fingerprint density at radius 1 is 1.54 bits per heavy atom. The maximum atomic E-state index is 8.84. The van der Waals surface area contributed by atoms with Crippen LogP contribution in [0.3, 0.4) is 0 Å². The van der Waals surface area contributed by atoms with Crippen LogP contribution in [-0.4, -0.2) is 12.4 Å². The topological polar surface area (TPSA) is 33.0 Å². The minimum atomic E-state index is 0.693. The molecule has 0 aromatic heterocycles. The number of alkyl halides is 1. The minimum Gasteiger partial charge on any atom is -0.497 e. The lowest BCUT2D eigenvalue weighted by molar-refractivity contribution is 0.414. The Balaban J connectivity index is 3.02. The van der Waals surface area contributed by atoms with Gasteiger partial charge in [0.1, 0.15) is 5.75 Å². The zero-order valence-electron chi connectivity index (χ0n) is 7.38. The van der Waals surface area contributed by atoms with Crippen LogP contribution in [0.2, 0.25) is 0 Å². The van der Waals surface area contributed by atoms with E-state index in [0.29, 0.717) is 5.56 Å². The molecule has 0 atom stereocenters. The summed E-state index contributed by atoms with van der Waals surface area (Å²) in [6.45, 7) is 0. The normalized spacial score (nSPS) is 9.31. The molecule has 1 rings (SSSR count). The Hall–Kier alpha value is -1.01. The van der Waals surface area contributed by atoms with Crippen molar-refractivity contribution in [3.05, 3.63) is 29.3 Å². The summed E-state index contributed by atoms with van der Waals surface area (Å²) in [6, 6.07) is 7.72. The predicted octanol–water partition coefficient (Wildman–Crippen LogP) is 2.50.